The molecule has 1 aromatic carbocycles. The topological polar surface area (TPSA) is 90.0 Å². The molecule has 102 valence electrons. The number of nitrogens with zero attached hydrogens (tertiary/aromatic N) is 2. The van der Waals surface area contributed by atoms with Gasteiger partial charge in [-0.25, -0.2) is 18.1 Å². The number of imidazole rings is 1. The molecule has 2 rings (SSSR count). The minimum atomic E-state index is -3.59. The zero-order valence-corrected chi connectivity index (χ0v) is 12.4. The average Bonchev–Trinajstić information content (AvgIpc) is 2.81. The van der Waals surface area contributed by atoms with E-state index in [1.54, 1.807) is 35.4 Å². The Morgan fingerprint density at radius 1 is 1.42 bits per heavy atom. The molecular weight excluding hydrogens is 332 g/mol. The Hall–Kier alpha value is -1.38. The van der Waals surface area contributed by atoms with E-state index in [-0.39, 0.29) is 17.1 Å². The lowest BCUT2D eigenvalue weighted by Crippen LogP contribution is -2.27. The third kappa shape index (κ3) is 3.55. The number of anilines is 1. The van der Waals surface area contributed by atoms with Crippen molar-refractivity contribution in [3.63, 3.8) is 0 Å². The Morgan fingerprint density at radius 2 is 2.21 bits per heavy atom. The Labute approximate surface area is 119 Å². The molecule has 8 heteroatoms. The molecule has 0 fully saturated rings. The number of halogens is 1. The van der Waals surface area contributed by atoms with Crippen molar-refractivity contribution in [1.82, 2.24) is 14.3 Å². The molecule has 0 unspecified atom stereocenters. The number of hydrogen-bond acceptors (Lipinski definition) is 4. The first-order chi connectivity index (χ1) is 8.99. The molecule has 1 aromatic heterocycles. The highest BCUT2D eigenvalue weighted by Crippen LogP contribution is 2.22. The van der Waals surface area contributed by atoms with Crippen molar-refractivity contribution in [2.45, 2.75) is 11.4 Å². The van der Waals surface area contributed by atoms with Crippen LogP contribution in [0.2, 0.25) is 0 Å². The van der Waals surface area contributed by atoms with Crippen LogP contribution < -0.4 is 10.5 Å². The van der Waals surface area contributed by atoms with E-state index >= 15 is 0 Å². The average molecular weight is 345 g/mol. The Bertz CT molecular complexity index is 655. The highest BCUT2D eigenvalue weighted by molar-refractivity contribution is 9.10. The van der Waals surface area contributed by atoms with Crippen LogP contribution in [0.15, 0.2) is 46.3 Å². The van der Waals surface area contributed by atoms with Crippen molar-refractivity contribution < 1.29 is 8.42 Å². The van der Waals surface area contributed by atoms with E-state index in [1.807, 2.05) is 0 Å². The van der Waals surface area contributed by atoms with Gasteiger partial charge in [0, 0.05) is 30.0 Å². The lowest BCUT2D eigenvalue weighted by Gasteiger charge is -2.09. The molecule has 3 N–H and O–H groups in total. The van der Waals surface area contributed by atoms with Gasteiger partial charge in [0.05, 0.1) is 12.0 Å². The van der Waals surface area contributed by atoms with Gasteiger partial charge in [0.2, 0.25) is 10.0 Å². The smallest absolute Gasteiger partial charge is 0.242 e. The van der Waals surface area contributed by atoms with Crippen molar-refractivity contribution in [2.24, 2.45) is 0 Å². The largest absolute Gasteiger partial charge is 0.398 e. The zero-order valence-electron chi connectivity index (χ0n) is 9.95. The SMILES string of the molecule is Nc1cc(Br)ccc1S(=O)(=O)NCCn1ccnc1. The highest BCUT2D eigenvalue weighted by Gasteiger charge is 2.16. The predicted octanol–water partition coefficient (Wildman–Crippen LogP) is 1.21. The van der Waals surface area contributed by atoms with Crippen LogP contribution in [0.1, 0.15) is 0 Å². The van der Waals surface area contributed by atoms with E-state index in [2.05, 4.69) is 25.6 Å². The lowest BCUT2D eigenvalue weighted by atomic mass is 10.3. The maximum Gasteiger partial charge on any atom is 0.242 e. The first-order valence-corrected chi connectivity index (χ1v) is 7.77. The van der Waals surface area contributed by atoms with E-state index in [0.29, 0.717) is 6.54 Å². The van der Waals surface area contributed by atoms with Crippen LogP contribution in [0.4, 0.5) is 5.69 Å². The summed E-state index contributed by atoms with van der Waals surface area (Å²) in [5.74, 6) is 0. The summed E-state index contributed by atoms with van der Waals surface area (Å²) < 4.78 is 29.1. The quantitative estimate of drug-likeness (QED) is 0.797. The van der Waals surface area contributed by atoms with Gasteiger partial charge in [0.1, 0.15) is 4.90 Å². The Kier molecular flexibility index (Phi) is 4.23. The number of rotatable bonds is 5. The van der Waals surface area contributed by atoms with Crippen LogP contribution in [-0.2, 0) is 16.6 Å². The fourth-order valence-corrected chi connectivity index (χ4v) is 3.08. The minimum absolute atomic E-state index is 0.0846. The van der Waals surface area contributed by atoms with Gasteiger partial charge in [-0.05, 0) is 18.2 Å². The molecule has 2 aromatic rings. The fraction of sp³-hybridized carbons (Fsp3) is 0.182. The minimum Gasteiger partial charge on any atom is -0.398 e. The molecule has 0 aliphatic rings. The molecule has 0 aliphatic carbocycles. The molecule has 0 saturated heterocycles. The molecule has 1 heterocycles. The van der Waals surface area contributed by atoms with Crippen LogP contribution in [-0.4, -0.2) is 24.5 Å². The van der Waals surface area contributed by atoms with Crippen molar-refractivity contribution >= 4 is 31.6 Å². The normalized spacial score (nSPS) is 11.6. The van der Waals surface area contributed by atoms with Gasteiger partial charge >= 0.3 is 0 Å². The second-order valence-electron chi connectivity index (χ2n) is 3.88. The first-order valence-electron chi connectivity index (χ1n) is 5.49. The van der Waals surface area contributed by atoms with Crippen LogP contribution in [0, 0.1) is 0 Å². The van der Waals surface area contributed by atoms with Gasteiger partial charge in [0.15, 0.2) is 0 Å². The van der Waals surface area contributed by atoms with E-state index in [4.69, 9.17) is 5.73 Å². The number of benzene rings is 1. The Balaban J connectivity index is 2.05. The van der Waals surface area contributed by atoms with Crippen molar-refractivity contribution in [1.29, 1.82) is 0 Å². The van der Waals surface area contributed by atoms with Crippen LogP contribution in [0.5, 0.6) is 0 Å². The molecule has 0 bridgehead atoms. The summed E-state index contributed by atoms with van der Waals surface area (Å²) in [6, 6.07) is 4.67. The third-order valence-electron chi connectivity index (χ3n) is 2.48. The maximum absolute atomic E-state index is 12.1. The van der Waals surface area contributed by atoms with Crippen LogP contribution >= 0.6 is 15.9 Å². The number of sulfonamides is 1. The molecule has 19 heavy (non-hydrogen) atoms. The predicted molar refractivity (Wildman–Crippen MR) is 76.0 cm³/mol. The van der Waals surface area contributed by atoms with Crippen molar-refractivity contribution in [2.75, 3.05) is 12.3 Å². The van der Waals surface area contributed by atoms with Gasteiger partial charge in [-0.1, -0.05) is 15.9 Å². The van der Waals surface area contributed by atoms with E-state index < -0.39 is 10.0 Å². The van der Waals surface area contributed by atoms with E-state index in [0.717, 1.165) is 4.47 Å². The standard InChI is InChI=1S/C11H13BrN4O2S/c12-9-1-2-11(10(13)7-9)19(17,18)15-4-6-16-5-3-14-8-16/h1-3,5,7-8,15H,4,6,13H2. The summed E-state index contributed by atoms with van der Waals surface area (Å²) in [5, 5.41) is 0. The van der Waals surface area contributed by atoms with Crippen LogP contribution in [0.3, 0.4) is 0 Å². The second-order valence-corrected chi connectivity index (χ2v) is 6.53. The monoisotopic (exact) mass is 344 g/mol. The Morgan fingerprint density at radius 3 is 2.84 bits per heavy atom. The molecule has 0 radical (unpaired) electrons. The zero-order chi connectivity index (χ0) is 13.9. The van der Waals surface area contributed by atoms with Gasteiger partial charge in [0.25, 0.3) is 0 Å². The molecule has 0 spiro atoms. The van der Waals surface area contributed by atoms with Gasteiger partial charge < -0.3 is 10.3 Å². The lowest BCUT2D eigenvalue weighted by molar-refractivity contribution is 0.573. The molecular formula is C11H13BrN4O2S. The number of hydrogen-bond donors (Lipinski definition) is 2. The molecule has 0 atom stereocenters. The molecule has 0 aliphatic heterocycles. The molecule has 0 saturated carbocycles. The van der Waals surface area contributed by atoms with Gasteiger partial charge in [-0.15, -0.1) is 0 Å². The summed E-state index contributed by atoms with van der Waals surface area (Å²) >= 11 is 3.24. The maximum atomic E-state index is 12.1. The third-order valence-corrected chi connectivity index (χ3v) is 4.51. The number of nitrogens with two attached hydrogens (primary N) is 1. The summed E-state index contributed by atoms with van der Waals surface area (Å²) in [6.07, 6.45) is 5.03. The van der Waals surface area contributed by atoms with Crippen molar-refractivity contribution in [3.8, 4) is 0 Å². The summed E-state index contributed by atoms with van der Waals surface area (Å²) in [4.78, 5) is 3.96. The fourth-order valence-electron chi connectivity index (χ4n) is 1.57. The van der Waals surface area contributed by atoms with E-state index in [9.17, 15) is 8.42 Å². The summed E-state index contributed by atoms with van der Waals surface area (Å²) in [5.41, 5.74) is 5.92. The van der Waals surface area contributed by atoms with Crippen LogP contribution in [0.25, 0.3) is 0 Å². The number of aromatic nitrogens is 2. The number of nitrogens with one attached hydrogen (secondary N) is 1. The van der Waals surface area contributed by atoms with E-state index in [1.165, 1.54) is 6.07 Å². The highest BCUT2D eigenvalue weighted by atomic mass is 79.9. The van der Waals surface area contributed by atoms with Gasteiger partial charge in [-0.3, -0.25) is 0 Å². The first kappa shape index (κ1) is 14.0. The second kappa shape index (κ2) is 5.72. The number of nitrogen functional groups attached to an aromatic ring is 1. The van der Waals surface area contributed by atoms with Crippen molar-refractivity contribution in [3.05, 3.63) is 41.4 Å². The summed E-state index contributed by atoms with van der Waals surface area (Å²) in [7, 11) is -3.59. The summed E-state index contributed by atoms with van der Waals surface area (Å²) in [6.45, 7) is 0.782. The molecule has 6 nitrogen and oxygen atoms in total. The molecule has 0 amide bonds. The van der Waals surface area contributed by atoms with Gasteiger partial charge in [-0.2, -0.15) is 0 Å².